The summed E-state index contributed by atoms with van der Waals surface area (Å²) in [5.74, 6) is 1.37. The van der Waals surface area contributed by atoms with Crippen molar-refractivity contribution in [2.45, 2.75) is 31.0 Å². The molecule has 0 unspecified atom stereocenters. The van der Waals surface area contributed by atoms with Crippen LogP contribution in [0, 0.1) is 0 Å². The van der Waals surface area contributed by atoms with E-state index in [1.165, 1.54) is 0 Å². The fourth-order valence-electron chi connectivity index (χ4n) is 4.97. The van der Waals surface area contributed by atoms with E-state index < -0.39 is 11.6 Å². The van der Waals surface area contributed by atoms with Crippen molar-refractivity contribution in [1.82, 2.24) is 5.32 Å². The Bertz CT molecular complexity index is 1580. The third-order valence-corrected chi connectivity index (χ3v) is 8.11. The molecule has 1 amide bonds. The predicted molar refractivity (Wildman–Crippen MR) is 171 cm³/mol. The van der Waals surface area contributed by atoms with E-state index in [9.17, 15) is 4.79 Å². The van der Waals surface area contributed by atoms with E-state index in [2.05, 4.69) is 21.2 Å². The maximum absolute atomic E-state index is 14.4. The number of nitrogens with zero attached hydrogens (tertiary/aromatic N) is 1. The lowest BCUT2D eigenvalue weighted by molar-refractivity contribution is -0.129. The van der Waals surface area contributed by atoms with Crippen molar-refractivity contribution < 1.29 is 24.1 Å². The summed E-state index contributed by atoms with van der Waals surface area (Å²) in [7, 11) is 1.60. The Labute approximate surface area is 264 Å². The molecule has 7 nitrogen and oxygen atoms in total. The van der Waals surface area contributed by atoms with Crippen LogP contribution >= 0.6 is 27.5 Å². The SMILES string of the molecule is COc1cccc([C@H]2OC(c3ccc(OCCCO)cc3)=N[C@@]2(Cc2ccc(Br)cc2)C(=O)NCc2ccccc2Cl)c1. The Morgan fingerprint density at radius 2 is 1.79 bits per heavy atom. The first kappa shape index (κ1) is 30.6. The van der Waals surface area contributed by atoms with Crippen molar-refractivity contribution in [3.05, 3.63) is 129 Å². The molecule has 4 aromatic carbocycles. The predicted octanol–water partition coefficient (Wildman–Crippen LogP) is 6.69. The number of carbonyl (C=O) groups is 1. The van der Waals surface area contributed by atoms with Gasteiger partial charge in [-0.25, -0.2) is 4.99 Å². The Balaban J connectivity index is 1.57. The Hall–Kier alpha value is -3.85. The van der Waals surface area contributed by atoms with Gasteiger partial charge in [-0.2, -0.15) is 0 Å². The summed E-state index contributed by atoms with van der Waals surface area (Å²) in [5, 5.41) is 12.7. The number of aliphatic hydroxyl groups excluding tert-OH is 1. The minimum atomic E-state index is -1.35. The molecule has 5 rings (SSSR count). The van der Waals surface area contributed by atoms with Gasteiger partial charge in [-0.15, -0.1) is 0 Å². The van der Waals surface area contributed by atoms with Gasteiger partial charge in [0.15, 0.2) is 11.6 Å². The summed E-state index contributed by atoms with van der Waals surface area (Å²) in [6.07, 6.45) is 0.0669. The molecular weight excluding hydrogens is 632 g/mol. The average molecular weight is 664 g/mol. The van der Waals surface area contributed by atoms with E-state index >= 15 is 0 Å². The van der Waals surface area contributed by atoms with Crippen LogP contribution in [-0.2, 0) is 22.5 Å². The number of halogens is 2. The molecule has 1 heterocycles. The summed E-state index contributed by atoms with van der Waals surface area (Å²) in [4.78, 5) is 19.5. The van der Waals surface area contributed by atoms with Gasteiger partial charge in [0.1, 0.15) is 11.5 Å². The monoisotopic (exact) mass is 662 g/mol. The maximum Gasteiger partial charge on any atom is 0.252 e. The molecule has 0 saturated carbocycles. The second-order valence-electron chi connectivity index (χ2n) is 10.1. The van der Waals surface area contributed by atoms with Gasteiger partial charge in [0.2, 0.25) is 5.90 Å². The van der Waals surface area contributed by atoms with Crippen LogP contribution in [0.15, 0.2) is 107 Å². The summed E-state index contributed by atoms with van der Waals surface area (Å²) in [6, 6.07) is 30.1. The minimum Gasteiger partial charge on any atom is -0.497 e. The quantitative estimate of drug-likeness (QED) is 0.165. The van der Waals surface area contributed by atoms with Crippen LogP contribution < -0.4 is 14.8 Å². The number of hydrogen-bond donors (Lipinski definition) is 2. The zero-order valence-corrected chi connectivity index (χ0v) is 26.0. The summed E-state index contributed by atoms with van der Waals surface area (Å²) < 4.78 is 18.8. The third kappa shape index (κ3) is 7.21. The van der Waals surface area contributed by atoms with Crippen LogP contribution in [0.3, 0.4) is 0 Å². The Morgan fingerprint density at radius 3 is 2.51 bits per heavy atom. The maximum atomic E-state index is 14.4. The second-order valence-corrected chi connectivity index (χ2v) is 11.5. The van der Waals surface area contributed by atoms with E-state index in [0.717, 1.165) is 21.2 Å². The summed E-state index contributed by atoms with van der Waals surface area (Å²) in [5.41, 5.74) is 1.83. The molecular formula is C34H32BrClN2O5. The van der Waals surface area contributed by atoms with Crippen molar-refractivity contribution >= 4 is 39.3 Å². The van der Waals surface area contributed by atoms with Crippen molar-refractivity contribution in [1.29, 1.82) is 0 Å². The van der Waals surface area contributed by atoms with Crippen molar-refractivity contribution in [2.75, 3.05) is 20.3 Å². The fourth-order valence-corrected chi connectivity index (χ4v) is 5.44. The van der Waals surface area contributed by atoms with Crippen molar-refractivity contribution in [3.8, 4) is 11.5 Å². The highest BCUT2D eigenvalue weighted by molar-refractivity contribution is 9.10. The van der Waals surface area contributed by atoms with Gasteiger partial charge in [-0.3, -0.25) is 4.79 Å². The number of hydrogen-bond acceptors (Lipinski definition) is 6. The molecule has 0 spiro atoms. The molecule has 1 aliphatic heterocycles. The largest absolute Gasteiger partial charge is 0.497 e. The Morgan fingerprint density at radius 1 is 1.02 bits per heavy atom. The van der Waals surface area contributed by atoms with Gasteiger partial charge >= 0.3 is 0 Å². The van der Waals surface area contributed by atoms with E-state index in [0.29, 0.717) is 41.0 Å². The molecule has 0 saturated heterocycles. The minimum absolute atomic E-state index is 0.0629. The van der Waals surface area contributed by atoms with E-state index in [-0.39, 0.29) is 25.5 Å². The van der Waals surface area contributed by atoms with Gasteiger partial charge in [-0.05, 0) is 71.3 Å². The number of benzene rings is 4. The molecule has 222 valence electrons. The van der Waals surface area contributed by atoms with Gasteiger partial charge < -0.3 is 24.6 Å². The smallest absolute Gasteiger partial charge is 0.252 e. The lowest BCUT2D eigenvalue weighted by atomic mass is 9.82. The third-order valence-electron chi connectivity index (χ3n) is 7.21. The van der Waals surface area contributed by atoms with E-state index in [4.69, 9.17) is 35.9 Å². The molecule has 2 N–H and O–H groups in total. The molecule has 0 aliphatic carbocycles. The van der Waals surface area contributed by atoms with E-state index in [1.54, 1.807) is 13.2 Å². The van der Waals surface area contributed by atoms with Crippen molar-refractivity contribution in [2.24, 2.45) is 4.99 Å². The topological polar surface area (TPSA) is 89.4 Å². The van der Waals surface area contributed by atoms with Crippen LogP contribution in [0.25, 0.3) is 0 Å². The summed E-state index contributed by atoms with van der Waals surface area (Å²) in [6.45, 7) is 0.705. The normalized spacial score (nSPS) is 17.6. The highest BCUT2D eigenvalue weighted by atomic mass is 79.9. The number of carbonyl (C=O) groups excluding carboxylic acids is 1. The second kappa shape index (κ2) is 14.1. The van der Waals surface area contributed by atoms with Crippen molar-refractivity contribution in [3.63, 3.8) is 0 Å². The molecule has 2 atom stereocenters. The number of ether oxygens (including phenoxy) is 3. The van der Waals surface area contributed by atoms with E-state index in [1.807, 2.05) is 91.0 Å². The molecule has 9 heteroatoms. The highest BCUT2D eigenvalue weighted by Crippen LogP contribution is 2.43. The first-order valence-electron chi connectivity index (χ1n) is 13.9. The fraction of sp³-hybridized carbons (Fsp3) is 0.235. The van der Waals surface area contributed by atoms with Crippen LogP contribution in [0.4, 0.5) is 0 Å². The number of methoxy groups -OCH3 is 1. The molecule has 1 aliphatic rings. The number of rotatable bonds is 12. The lowest BCUT2D eigenvalue weighted by Crippen LogP contribution is -2.49. The Kier molecular flexibility index (Phi) is 10.0. The standard InChI is InChI=1S/C34H32BrClN2O5/c1-41-29-8-4-7-25(20-29)31-34(21-23-10-14-27(35)15-11-23,33(40)37-22-26-6-2-3-9-30(26)36)38-32(43-31)24-12-16-28(17-13-24)42-19-5-18-39/h2-4,6-17,20,31,39H,5,18-19,21-22H2,1H3,(H,37,40)/t31-,34-/m1/s1. The number of nitrogens with one attached hydrogen (secondary N) is 1. The molecule has 4 aromatic rings. The van der Waals surface area contributed by atoms with Crippen LogP contribution in [0.1, 0.15) is 34.8 Å². The van der Waals surface area contributed by atoms with Gasteiger partial charge in [0, 0.05) is 41.1 Å². The number of aliphatic imine (C=N–C) groups is 1. The van der Waals surface area contributed by atoms with Crippen LogP contribution in [-0.4, -0.2) is 42.8 Å². The first-order chi connectivity index (χ1) is 20.9. The van der Waals surface area contributed by atoms with Gasteiger partial charge in [0.25, 0.3) is 5.91 Å². The molecule has 0 radical (unpaired) electrons. The van der Waals surface area contributed by atoms with Crippen LogP contribution in [0.5, 0.6) is 11.5 Å². The molecule has 0 fully saturated rings. The van der Waals surface area contributed by atoms with Gasteiger partial charge in [-0.1, -0.05) is 70.0 Å². The number of amides is 1. The van der Waals surface area contributed by atoms with Crippen LogP contribution in [0.2, 0.25) is 5.02 Å². The molecule has 0 bridgehead atoms. The average Bonchev–Trinajstić information content (AvgIpc) is 3.42. The zero-order valence-electron chi connectivity index (χ0n) is 23.6. The highest BCUT2D eigenvalue weighted by Gasteiger charge is 2.53. The van der Waals surface area contributed by atoms with Gasteiger partial charge in [0.05, 0.1) is 13.7 Å². The summed E-state index contributed by atoms with van der Waals surface area (Å²) >= 11 is 9.92. The molecule has 0 aromatic heterocycles. The number of aliphatic hydroxyl groups is 1. The zero-order chi connectivity index (χ0) is 30.2. The lowest BCUT2D eigenvalue weighted by Gasteiger charge is -2.31. The first-order valence-corrected chi connectivity index (χ1v) is 15.1. The molecule has 43 heavy (non-hydrogen) atoms.